The summed E-state index contributed by atoms with van der Waals surface area (Å²) in [7, 11) is 0. The van der Waals surface area contributed by atoms with Crippen molar-refractivity contribution in [3.8, 4) is 22.9 Å². The fraction of sp³-hybridized carbons (Fsp3) is 0.571. The summed E-state index contributed by atoms with van der Waals surface area (Å²) in [5, 5.41) is 32.1. The molecule has 1 aromatic heterocycles. The summed E-state index contributed by atoms with van der Waals surface area (Å²) in [4.78, 5) is 12.8. The predicted octanol–water partition coefficient (Wildman–Crippen LogP) is 3.06. The van der Waals surface area contributed by atoms with Crippen LogP contribution in [0.25, 0.3) is 11.4 Å². The van der Waals surface area contributed by atoms with Crippen LogP contribution in [0.5, 0.6) is 11.5 Å². The second kappa shape index (κ2) is 8.41. The Balaban J connectivity index is 2.13. The fourth-order valence-corrected chi connectivity index (χ4v) is 3.90. The van der Waals surface area contributed by atoms with Crippen molar-refractivity contribution in [2.24, 2.45) is 5.73 Å². The van der Waals surface area contributed by atoms with E-state index in [4.69, 9.17) is 5.73 Å². The lowest BCUT2D eigenvalue weighted by Gasteiger charge is -2.29. The third kappa shape index (κ3) is 4.37. The number of benzene rings is 1. The number of nitrogens with one attached hydrogen (secondary N) is 1. The molecule has 1 aliphatic carbocycles. The quantitative estimate of drug-likeness (QED) is 0.610. The van der Waals surface area contributed by atoms with Crippen molar-refractivity contribution in [2.45, 2.75) is 77.4 Å². The first-order valence-corrected chi connectivity index (χ1v) is 10.3. The van der Waals surface area contributed by atoms with Gasteiger partial charge in [0.15, 0.2) is 5.82 Å². The largest absolute Gasteiger partial charge is 0.508 e. The molecular weight excluding hydrogens is 370 g/mol. The summed E-state index contributed by atoms with van der Waals surface area (Å²) in [6, 6.07) is 3.20. The fourth-order valence-electron chi connectivity index (χ4n) is 3.90. The van der Waals surface area contributed by atoms with Crippen LogP contribution in [0.3, 0.4) is 0 Å². The standard InChI is InChI=1S/C21H31N5O3/c1-11(2)15-9-16(18(28)10-17(15)27)19-24-25-20(21(29)23-12(3)4)26(19)14-7-5-13(22)6-8-14/h9-14,27-28H,5-8,22H2,1-4H3,(H,23,29). The van der Waals surface area contributed by atoms with E-state index in [0.717, 1.165) is 25.7 Å². The molecule has 0 saturated heterocycles. The van der Waals surface area contributed by atoms with Crippen molar-refractivity contribution in [3.05, 3.63) is 23.5 Å². The Morgan fingerprint density at radius 3 is 2.34 bits per heavy atom. The molecule has 29 heavy (non-hydrogen) atoms. The van der Waals surface area contributed by atoms with E-state index >= 15 is 0 Å². The zero-order valence-corrected chi connectivity index (χ0v) is 17.5. The normalized spacial score (nSPS) is 19.7. The molecule has 1 aromatic carbocycles. The van der Waals surface area contributed by atoms with Gasteiger partial charge in [0, 0.05) is 24.2 Å². The van der Waals surface area contributed by atoms with Crippen molar-refractivity contribution < 1.29 is 15.0 Å². The molecule has 1 fully saturated rings. The molecule has 1 aliphatic rings. The molecule has 158 valence electrons. The Labute approximate surface area is 171 Å². The van der Waals surface area contributed by atoms with Crippen LogP contribution in [0.4, 0.5) is 0 Å². The lowest BCUT2D eigenvalue weighted by Crippen LogP contribution is -2.34. The minimum absolute atomic E-state index is 0.0171. The molecule has 8 nitrogen and oxygen atoms in total. The van der Waals surface area contributed by atoms with Gasteiger partial charge in [0.05, 0.1) is 5.56 Å². The Bertz CT molecular complexity index is 883. The van der Waals surface area contributed by atoms with Gasteiger partial charge in [-0.3, -0.25) is 9.36 Å². The van der Waals surface area contributed by atoms with Crippen molar-refractivity contribution >= 4 is 5.91 Å². The van der Waals surface area contributed by atoms with Crippen molar-refractivity contribution in [1.29, 1.82) is 0 Å². The monoisotopic (exact) mass is 401 g/mol. The first-order valence-electron chi connectivity index (χ1n) is 10.3. The van der Waals surface area contributed by atoms with Gasteiger partial charge in [-0.05, 0) is 57.1 Å². The number of phenols is 2. The zero-order valence-electron chi connectivity index (χ0n) is 17.5. The first-order chi connectivity index (χ1) is 13.7. The number of nitrogens with two attached hydrogens (primary N) is 1. The summed E-state index contributed by atoms with van der Waals surface area (Å²) >= 11 is 0. The van der Waals surface area contributed by atoms with Gasteiger partial charge < -0.3 is 21.3 Å². The van der Waals surface area contributed by atoms with E-state index in [-0.39, 0.29) is 47.3 Å². The number of carbonyl (C=O) groups is 1. The number of phenolic OH excluding ortho intramolecular Hbond substituents is 2. The number of nitrogens with zero attached hydrogens (tertiary/aromatic N) is 3. The van der Waals surface area contributed by atoms with Crippen molar-refractivity contribution in [1.82, 2.24) is 20.1 Å². The van der Waals surface area contributed by atoms with Crippen LogP contribution < -0.4 is 11.1 Å². The van der Waals surface area contributed by atoms with Crippen LogP contribution in [0.15, 0.2) is 12.1 Å². The van der Waals surface area contributed by atoms with Gasteiger partial charge in [-0.2, -0.15) is 0 Å². The molecule has 0 aliphatic heterocycles. The summed E-state index contributed by atoms with van der Waals surface area (Å²) in [5.74, 6) is 0.363. The van der Waals surface area contributed by atoms with Crippen LogP contribution in [0.2, 0.25) is 0 Å². The maximum absolute atomic E-state index is 12.8. The molecule has 8 heteroatoms. The Hall–Kier alpha value is -2.61. The number of aromatic nitrogens is 3. The highest BCUT2D eigenvalue weighted by molar-refractivity contribution is 5.91. The molecular formula is C21H31N5O3. The molecule has 0 radical (unpaired) electrons. The van der Waals surface area contributed by atoms with E-state index in [9.17, 15) is 15.0 Å². The third-order valence-electron chi connectivity index (χ3n) is 5.43. The van der Waals surface area contributed by atoms with E-state index in [1.807, 2.05) is 32.3 Å². The SMILES string of the molecule is CC(C)NC(=O)c1nnc(-c2cc(C(C)C)c(O)cc2O)n1C1CCC(N)CC1. The van der Waals surface area contributed by atoms with Crippen LogP contribution in [-0.2, 0) is 0 Å². The van der Waals surface area contributed by atoms with Gasteiger partial charge in [0.1, 0.15) is 11.5 Å². The van der Waals surface area contributed by atoms with E-state index in [1.165, 1.54) is 6.07 Å². The topological polar surface area (TPSA) is 126 Å². The lowest BCUT2D eigenvalue weighted by atomic mass is 9.91. The molecule has 0 spiro atoms. The summed E-state index contributed by atoms with van der Waals surface area (Å²) in [5.41, 5.74) is 7.23. The number of amides is 1. The first kappa shape index (κ1) is 21.1. The zero-order chi connectivity index (χ0) is 21.3. The Kier molecular flexibility index (Phi) is 6.12. The molecule has 5 N–H and O–H groups in total. The van der Waals surface area contributed by atoms with Gasteiger partial charge in [-0.1, -0.05) is 13.8 Å². The maximum atomic E-state index is 12.8. The molecule has 3 rings (SSSR count). The molecule has 0 bridgehead atoms. The lowest BCUT2D eigenvalue weighted by molar-refractivity contribution is 0.0923. The number of hydrogen-bond donors (Lipinski definition) is 4. The predicted molar refractivity (Wildman–Crippen MR) is 111 cm³/mol. The summed E-state index contributed by atoms with van der Waals surface area (Å²) in [6.45, 7) is 7.70. The van der Waals surface area contributed by atoms with Crippen LogP contribution in [0, 0.1) is 0 Å². The number of aromatic hydroxyl groups is 2. The molecule has 0 atom stereocenters. The highest BCUT2D eigenvalue weighted by Gasteiger charge is 2.30. The molecule has 1 saturated carbocycles. The van der Waals surface area contributed by atoms with Crippen LogP contribution in [0.1, 0.15) is 81.5 Å². The summed E-state index contributed by atoms with van der Waals surface area (Å²) in [6.07, 6.45) is 3.33. The van der Waals surface area contributed by atoms with Crippen LogP contribution in [-0.4, -0.2) is 43.0 Å². The third-order valence-corrected chi connectivity index (χ3v) is 5.43. The minimum atomic E-state index is -0.295. The van der Waals surface area contributed by atoms with Crippen molar-refractivity contribution in [3.63, 3.8) is 0 Å². The Morgan fingerprint density at radius 2 is 1.76 bits per heavy atom. The smallest absolute Gasteiger partial charge is 0.289 e. The second-order valence-electron chi connectivity index (χ2n) is 8.50. The van der Waals surface area contributed by atoms with Gasteiger partial charge in [0.25, 0.3) is 5.91 Å². The Morgan fingerprint density at radius 1 is 1.10 bits per heavy atom. The molecule has 1 heterocycles. The maximum Gasteiger partial charge on any atom is 0.289 e. The van der Waals surface area contributed by atoms with Gasteiger partial charge in [-0.25, -0.2) is 0 Å². The molecule has 1 amide bonds. The van der Waals surface area contributed by atoms with E-state index in [1.54, 1.807) is 6.07 Å². The summed E-state index contributed by atoms with van der Waals surface area (Å²) < 4.78 is 1.83. The number of carbonyl (C=O) groups excluding carboxylic acids is 1. The van der Waals surface area contributed by atoms with E-state index in [0.29, 0.717) is 17.0 Å². The van der Waals surface area contributed by atoms with E-state index < -0.39 is 0 Å². The highest BCUT2D eigenvalue weighted by Crippen LogP contribution is 2.40. The highest BCUT2D eigenvalue weighted by atomic mass is 16.3. The van der Waals surface area contributed by atoms with Gasteiger partial charge >= 0.3 is 0 Å². The number of hydrogen-bond acceptors (Lipinski definition) is 6. The van der Waals surface area contributed by atoms with Crippen molar-refractivity contribution in [2.75, 3.05) is 0 Å². The van der Waals surface area contributed by atoms with Gasteiger partial charge in [0.2, 0.25) is 5.82 Å². The minimum Gasteiger partial charge on any atom is -0.508 e. The molecule has 0 unspecified atom stereocenters. The van der Waals surface area contributed by atoms with Gasteiger partial charge in [-0.15, -0.1) is 10.2 Å². The van der Waals surface area contributed by atoms with Crippen LogP contribution >= 0.6 is 0 Å². The average Bonchev–Trinajstić information content (AvgIpc) is 3.06. The second-order valence-corrected chi connectivity index (χ2v) is 8.50. The van der Waals surface area contributed by atoms with E-state index in [2.05, 4.69) is 15.5 Å². The molecule has 2 aromatic rings. The number of rotatable bonds is 5. The average molecular weight is 402 g/mol.